The van der Waals surface area contributed by atoms with E-state index in [1.807, 2.05) is 0 Å². The highest BCUT2D eigenvalue weighted by Gasteiger charge is 2.48. The van der Waals surface area contributed by atoms with E-state index < -0.39 is 64.1 Å². The highest BCUT2D eigenvalue weighted by atomic mass is 32.2. The van der Waals surface area contributed by atoms with Crippen LogP contribution in [-0.4, -0.2) is 46.7 Å². The van der Waals surface area contributed by atoms with Gasteiger partial charge in [0.05, 0.1) is 28.6 Å². The third-order valence-electron chi connectivity index (χ3n) is 6.61. The van der Waals surface area contributed by atoms with Crippen LogP contribution >= 0.6 is 0 Å². The smallest absolute Gasteiger partial charge is 0.298 e. The van der Waals surface area contributed by atoms with Crippen LogP contribution in [0.4, 0.5) is 26.3 Å². The van der Waals surface area contributed by atoms with Gasteiger partial charge in [-0.15, -0.1) is 0 Å². The molecule has 40 heavy (non-hydrogen) atoms. The molecule has 7 nitrogen and oxygen atoms in total. The fourth-order valence-electron chi connectivity index (χ4n) is 4.53. The Bertz CT molecular complexity index is 1570. The molecule has 0 spiro atoms. The number of sulfonamides is 1. The molecule has 14 heteroatoms. The number of nitriles is 1. The predicted molar refractivity (Wildman–Crippen MR) is 129 cm³/mol. The number of Topliss-reactive ketones (excluding diaryl/α,β-unsaturated/α-hetero) is 1. The molecule has 0 radical (unpaired) electrons. The monoisotopic (exact) mass is 582 g/mol. The van der Waals surface area contributed by atoms with Crippen LogP contribution in [0.5, 0.6) is 0 Å². The molecule has 0 aliphatic carbocycles. The van der Waals surface area contributed by atoms with Gasteiger partial charge in [-0.05, 0) is 55.3 Å². The Balaban J connectivity index is 1.59. The van der Waals surface area contributed by atoms with Crippen LogP contribution in [0.1, 0.15) is 36.7 Å². The minimum absolute atomic E-state index is 0.107. The molecule has 210 valence electrons. The van der Waals surface area contributed by atoms with Crippen molar-refractivity contribution < 1.29 is 39.6 Å². The van der Waals surface area contributed by atoms with Crippen LogP contribution in [0.25, 0.3) is 11.1 Å². The van der Waals surface area contributed by atoms with Gasteiger partial charge in [-0.25, -0.2) is 31.6 Å². The first-order valence-electron chi connectivity index (χ1n) is 11.8. The molecule has 1 aliphatic rings. The number of benzene rings is 2. The van der Waals surface area contributed by atoms with E-state index in [0.29, 0.717) is 0 Å². The van der Waals surface area contributed by atoms with Gasteiger partial charge in [-0.1, -0.05) is 0 Å². The van der Waals surface area contributed by atoms with Crippen molar-refractivity contribution in [1.29, 1.82) is 5.26 Å². The first-order valence-corrected chi connectivity index (χ1v) is 13.3. The Morgan fingerprint density at radius 1 is 1.12 bits per heavy atom. The summed E-state index contributed by atoms with van der Waals surface area (Å²) < 4.78 is 108. The molecule has 0 amide bonds. The number of alkyl halides is 4. The number of aryl methyl sites for hydroxylation is 1. The summed E-state index contributed by atoms with van der Waals surface area (Å²) in [7, 11) is -4.38. The highest BCUT2D eigenvalue weighted by Crippen LogP contribution is 2.35. The molecule has 0 N–H and O–H groups in total. The fourth-order valence-corrected chi connectivity index (χ4v) is 6.37. The van der Waals surface area contributed by atoms with Gasteiger partial charge in [0.25, 0.3) is 0 Å². The van der Waals surface area contributed by atoms with Crippen LogP contribution in [0.15, 0.2) is 53.7 Å². The molecule has 0 saturated carbocycles. The van der Waals surface area contributed by atoms with Crippen molar-refractivity contribution in [3.63, 3.8) is 0 Å². The van der Waals surface area contributed by atoms with Gasteiger partial charge >= 0.3 is 6.18 Å². The number of rotatable bonds is 7. The lowest BCUT2D eigenvalue weighted by molar-refractivity contribution is -0.145. The molecule has 1 fully saturated rings. The number of aromatic nitrogens is 2. The normalized spacial score (nSPS) is 19.9. The van der Waals surface area contributed by atoms with Gasteiger partial charge in [-0.2, -0.15) is 22.7 Å². The molecule has 3 atom stereocenters. The number of ketones is 1. The van der Waals surface area contributed by atoms with E-state index in [2.05, 4.69) is 9.97 Å². The zero-order valence-electron chi connectivity index (χ0n) is 20.7. The molecule has 0 unspecified atom stereocenters. The lowest BCUT2D eigenvalue weighted by atomic mass is 9.95. The van der Waals surface area contributed by atoms with Crippen LogP contribution in [0.3, 0.4) is 0 Å². The molecule has 4 rings (SSSR count). The molecule has 3 aromatic rings. The Morgan fingerprint density at radius 2 is 1.75 bits per heavy atom. The first kappa shape index (κ1) is 29.2. The Morgan fingerprint density at radius 3 is 2.33 bits per heavy atom. The standard InChI is InChI=1S/C26H20F6N4O3S/c1-14-21(28)10-23(36(14)40(38,39)19-5-3-18(27)4-6-19)24(37)7-2-15-8-20(22(29)9-16(15)11-33)17-12-34-25(35-13-17)26(30,31)32/h3-6,8-9,12-14,21,23H,2,7,10H2,1H3/t14-,21+,23-/m0/s1. The fraction of sp³-hybridized carbons (Fsp3) is 0.308. The van der Waals surface area contributed by atoms with Gasteiger partial charge in [0, 0.05) is 36.4 Å². The topological polar surface area (TPSA) is 104 Å². The molecule has 2 aromatic carbocycles. The highest BCUT2D eigenvalue weighted by molar-refractivity contribution is 7.89. The summed E-state index contributed by atoms with van der Waals surface area (Å²) in [6.07, 6.45) is -5.87. The molecule has 0 bridgehead atoms. The zero-order chi connectivity index (χ0) is 29.4. The number of carbonyl (C=O) groups is 1. The summed E-state index contributed by atoms with van der Waals surface area (Å²) in [5, 5.41) is 9.46. The van der Waals surface area contributed by atoms with E-state index in [4.69, 9.17) is 0 Å². The quantitative estimate of drug-likeness (QED) is 0.363. The maximum Gasteiger partial charge on any atom is 0.451 e. The third-order valence-corrected chi connectivity index (χ3v) is 8.62. The van der Waals surface area contributed by atoms with Crippen LogP contribution in [-0.2, 0) is 27.4 Å². The molecule has 2 heterocycles. The van der Waals surface area contributed by atoms with Gasteiger partial charge in [-0.3, -0.25) is 4.79 Å². The van der Waals surface area contributed by atoms with Crippen molar-refractivity contribution >= 4 is 15.8 Å². The molecular weight excluding hydrogens is 562 g/mol. The van der Waals surface area contributed by atoms with E-state index in [1.165, 1.54) is 13.0 Å². The summed E-state index contributed by atoms with van der Waals surface area (Å²) in [5.74, 6) is -3.70. The number of nitrogens with zero attached hydrogens (tertiary/aromatic N) is 4. The first-order chi connectivity index (χ1) is 18.7. The molecule has 1 aromatic heterocycles. The Labute approximate surface area is 225 Å². The van der Waals surface area contributed by atoms with Crippen molar-refractivity contribution in [3.8, 4) is 17.2 Å². The van der Waals surface area contributed by atoms with Crippen molar-refractivity contribution in [1.82, 2.24) is 14.3 Å². The number of carbonyl (C=O) groups excluding carboxylic acids is 1. The van der Waals surface area contributed by atoms with Gasteiger partial charge in [0.1, 0.15) is 17.8 Å². The van der Waals surface area contributed by atoms with Crippen LogP contribution in [0.2, 0.25) is 0 Å². The number of halogens is 6. The largest absolute Gasteiger partial charge is 0.451 e. The maximum absolute atomic E-state index is 14.7. The van der Waals surface area contributed by atoms with Crippen molar-refractivity contribution in [2.75, 3.05) is 0 Å². The van der Waals surface area contributed by atoms with E-state index >= 15 is 0 Å². The summed E-state index contributed by atoms with van der Waals surface area (Å²) in [5.41, 5.74) is -0.318. The SMILES string of the molecule is C[C@H]1[C@H](F)C[C@@H](C(=O)CCc2cc(-c3cnc(C(F)(F)F)nc3)c(F)cc2C#N)N1S(=O)(=O)c1ccc(F)cc1. The van der Waals surface area contributed by atoms with Crippen LogP contribution in [0, 0.1) is 23.0 Å². The third kappa shape index (κ3) is 5.71. The Hall–Kier alpha value is -3.83. The average molecular weight is 583 g/mol. The minimum Gasteiger partial charge on any atom is -0.298 e. The maximum atomic E-state index is 14.7. The number of hydrogen-bond donors (Lipinski definition) is 0. The second kappa shape index (κ2) is 11.0. The predicted octanol–water partition coefficient (Wildman–Crippen LogP) is 5.00. The molecular formula is C26H20F6N4O3S. The minimum atomic E-state index is -4.80. The second-order valence-electron chi connectivity index (χ2n) is 9.16. The lowest BCUT2D eigenvalue weighted by Crippen LogP contribution is -2.44. The summed E-state index contributed by atoms with van der Waals surface area (Å²) in [6.45, 7) is 1.31. The van der Waals surface area contributed by atoms with E-state index in [-0.39, 0.29) is 40.0 Å². The summed E-state index contributed by atoms with van der Waals surface area (Å²) in [6, 6.07) is 5.12. The Kier molecular flexibility index (Phi) is 8.00. The van der Waals surface area contributed by atoms with E-state index in [9.17, 15) is 44.8 Å². The molecule has 1 aliphatic heterocycles. The summed E-state index contributed by atoms with van der Waals surface area (Å²) >= 11 is 0. The van der Waals surface area contributed by atoms with E-state index in [0.717, 1.165) is 47.0 Å². The van der Waals surface area contributed by atoms with Crippen LogP contribution < -0.4 is 0 Å². The summed E-state index contributed by atoms with van der Waals surface area (Å²) in [4.78, 5) is 19.3. The average Bonchev–Trinajstić information content (AvgIpc) is 3.22. The zero-order valence-corrected chi connectivity index (χ0v) is 21.5. The molecule has 1 saturated heterocycles. The van der Waals surface area contributed by atoms with E-state index in [1.54, 1.807) is 6.07 Å². The van der Waals surface area contributed by atoms with Gasteiger partial charge in [0.15, 0.2) is 5.78 Å². The van der Waals surface area contributed by atoms with Gasteiger partial charge < -0.3 is 0 Å². The lowest BCUT2D eigenvalue weighted by Gasteiger charge is -2.26. The van der Waals surface area contributed by atoms with Crippen molar-refractivity contribution in [2.45, 2.75) is 55.5 Å². The van der Waals surface area contributed by atoms with Gasteiger partial charge in [0.2, 0.25) is 15.8 Å². The second-order valence-corrected chi connectivity index (χ2v) is 11.0. The van der Waals surface area contributed by atoms with Crippen molar-refractivity contribution in [3.05, 3.63) is 77.4 Å². The van der Waals surface area contributed by atoms with Crippen molar-refractivity contribution in [2.24, 2.45) is 0 Å². The number of hydrogen-bond acceptors (Lipinski definition) is 6.